The highest BCUT2D eigenvalue weighted by Gasteiger charge is 2.23. The van der Waals surface area contributed by atoms with E-state index in [1.54, 1.807) is 5.38 Å². The summed E-state index contributed by atoms with van der Waals surface area (Å²) in [6.45, 7) is 6.20. The van der Waals surface area contributed by atoms with Crippen molar-refractivity contribution in [3.8, 4) is 0 Å². The second-order valence-electron chi connectivity index (χ2n) is 4.44. The van der Waals surface area contributed by atoms with Crippen LogP contribution in [0, 0.1) is 6.92 Å². The molecule has 122 valence electrons. The molecule has 1 amide bonds. The van der Waals surface area contributed by atoms with E-state index < -0.39 is 0 Å². The van der Waals surface area contributed by atoms with E-state index in [0.717, 1.165) is 11.4 Å². The maximum Gasteiger partial charge on any atom is 0.276 e. The molecule has 0 aliphatic rings. The normalized spacial score (nSPS) is 12.6. The molecular weight excluding hydrogens is 322 g/mol. The summed E-state index contributed by atoms with van der Waals surface area (Å²) in [5.41, 5.74) is 0.617. The molecule has 8 heteroatoms. The minimum atomic E-state index is -0.382. The highest BCUT2D eigenvalue weighted by Crippen LogP contribution is 2.10. The van der Waals surface area contributed by atoms with Crippen molar-refractivity contribution >= 4 is 40.2 Å². The second-order valence-corrected chi connectivity index (χ2v) is 5.91. The fourth-order valence-electron chi connectivity index (χ4n) is 1.78. The zero-order chi connectivity index (χ0) is 16.5. The first kappa shape index (κ1) is 18.5. The van der Waals surface area contributed by atoms with Crippen LogP contribution in [-0.4, -0.2) is 41.4 Å². The van der Waals surface area contributed by atoms with Gasteiger partial charge in [0.15, 0.2) is 10.8 Å². The molecule has 1 aromatic rings. The third kappa shape index (κ3) is 5.34. The number of rotatable bonds is 8. The van der Waals surface area contributed by atoms with E-state index in [4.69, 9.17) is 21.8 Å². The van der Waals surface area contributed by atoms with Gasteiger partial charge in [-0.25, -0.2) is 4.98 Å². The quantitative estimate of drug-likeness (QED) is 0.446. The summed E-state index contributed by atoms with van der Waals surface area (Å²) in [6, 6.07) is -0.339. The van der Waals surface area contributed by atoms with Gasteiger partial charge in [-0.05, 0) is 32.5 Å². The first-order valence-electron chi connectivity index (χ1n) is 7.04. The molecule has 0 spiro atoms. The van der Waals surface area contributed by atoms with Crippen LogP contribution in [0.15, 0.2) is 10.5 Å². The molecule has 0 fully saturated rings. The minimum Gasteiger partial charge on any atom is -0.485 e. The van der Waals surface area contributed by atoms with Crippen molar-refractivity contribution in [2.45, 2.75) is 39.7 Å². The fraction of sp³-hybridized carbons (Fsp3) is 0.571. The van der Waals surface area contributed by atoms with Crippen molar-refractivity contribution in [2.24, 2.45) is 5.16 Å². The Bertz CT molecular complexity index is 543. The number of aromatic nitrogens is 1. The molecule has 1 rings (SSSR count). The van der Waals surface area contributed by atoms with E-state index >= 15 is 0 Å². The minimum absolute atomic E-state index is 0.132. The van der Waals surface area contributed by atoms with Crippen molar-refractivity contribution < 1.29 is 14.4 Å². The highest BCUT2D eigenvalue weighted by molar-refractivity contribution is 7.80. The molecule has 0 aromatic carbocycles. The lowest BCUT2D eigenvalue weighted by Gasteiger charge is -2.19. The molecule has 1 unspecified atom stereocenters. The average molecular weight is 343 g/mol. The number of nitrogens with one attached hydrogen (secondary N) is 1. The number of thiocarbonyl (C=S) groups is 1. The third-order valence-corrected chi connectivity index (χ3v) is 3.89. The largest absolute Gasteiger partial charge is 0.485 e. The molecule has 6 nitrogen and oxygen atoms in total. The number of hydrogen-bond donors (Lipinski definition) is 1. The Morgan fingerprint density at radius 2 is 2.27 bits per heavy atom. The topological polar surface area (TPSA) is 72.8 Å². The van der Waals surface area contributed by atoms with Crippen LogP contribution in [0.25, 0.3) is 0 Å². The van der Waals surface area contributed by atoms with E-state index in [9.17, 15) is 4.79 Å². The summed E-state index contributed by atoms with van der Waals surface area (Å²) in [4.78, 5) is 21.5. The molecule has 1 atom stereocenters. The van der Waals surface area contributed by atoms with Gasteiger partial charge in [-0.15, -0.1) is 11.3 Å². The Balaban J connectivity index is 2.89. The Hall–Kier alpha value is -1.54. The second kappa shape index (κ2) is 9.47. The van der Waals surface area contributed by atoms with Crippen LogP contribution in [0.4, 0.5) is 0 Å². The predicted octanol–water partition coefficient (Wildman–Crippen LogP) is 2.45. The number of ether oxygens (including phenoxy) is 1. The molecule has 0 aliphatic carbocycles. The first-order valence-corrected chi connectivity index (χ1v) is 8.33. The summed E-state index contributed by atoms with van der Waals surface area (Å²) < 4.78 is 5.34. The lowest BCUT2D eigenvalue weighted by atomic mass is 10.1. The van der Waals surface area contributed by atoms with E-state index in [1.165, 1.54) is 18.4 Å². The maximum absolute atomic E-state index is 12.5. The van der Waals surface area contributed by atoms with E-state index in [2.05, 4.69) is 15.5 Å². The average Bonchev–Trinajstić information content (AvgIpc) is 2.90. The van der Waals surface area contributed by atoms with Gasteiger partial charge in [0.05, 0.1) is 17.7 Å². The van der Waals surface area contributed by atoms with Gasteiger partial charge in [0, 0.05) is 5.38 Å². The molecule has 0 aliphatic heterocycles. The van der Waals surface area contributed by atoms with Crippen LogP contribution in [-0.2, 0) is 14.4 Å². The van der Waals surface area contributed by atoms with Gasteiger partial charge in [0.2, 0.25) is 0 Å². The number of amides is 1. The van der Waals surface area contributed by atoms with Crippen LogP contribution in [0.2, 0.25) is 0 Å². The molecule has 0 saturated heterocycles. The Labute approximate surface area is 139 Å². The van der Waals surface area contributed by atoms with Crippen LogP contribution < -0.4 is 5.32 Å². The van der Waals surface area contributed by atoms with Gasteiger partial charge < -0.3 is 14.9 Å². The van der Waals surface area contributed by atoms with Crippen LogP contribution in [0.5, 0.6) is 0 Å². The molecule has 1 heterocycles. The zero-order valence-electron chi connectivity index (χ0n) is 13.2. The molecule has 0 bridgehead atoms. The maximum atomic E-state index is 12.5. The Kier molecular flexibility index (Phi) is 7.97. The van der Waals surface area contributed by atoms with Gasteiger partial charge in [-0.1, -0.05) is 18.5 Å². The number of aryl methyl sites for hydroxylation is 1. The predicted molar refractivity (Wildman–Crippen MR) is 91.5 cm³/mol. The van der Waals surface area contributed by atoms with E-state index in [0.29, 0.717) is 23.8 Å². The Morgan fingerprint density at radius 1 is 1.55 bits per heavy atom. The van der Waals surface area contributed by atoms with Crippen LogP contribution in [0.3, 0.4) is 0 Å². The van der Waals surface area contributed by atoms with Crippen molar-refractivity contribution in [1.82, 2.24) is 10.3 Å². The van der Waals surface area contributed by atoms with E-state index in [-0.39, 0.29) is 17.7 Å². The molecule has 22 heavy (non-hydrogen) atoms. The van der Waals surface area contributed by atoms with Crippen molar-refractivity contribution in [3.05, 3.63) is 16.1 Å². The van der Waals surface area contributed by atoms with Crippen LogP contribution in [0.1, 0.15) is 37.4 Å². The van der Waals surface area contributed by atoms with Crippen molar-refractivity contribution in [3.63, 3.8) is 0 Å². The molecule has 1 N–H and O–H groups in total. The number of carbonyl (C=O) groups excluding carboxylic acids is 1. The summed E-state index contributed by atoms with van der Waals surface area (Å²) >= 11 is 6.65. The number of hydrogen-bond acceptors (Lipinski definition) is 7. The smallest absolute Gasteiger partial charge is 0.276 e. The van der Waals surface area contributed by atoms with Gasteiger partial charge >= 0.3 is 0 Å². The van der Waals surface area contributed by atoms with Gasteiger partial charge in [0.25, 0.3) is 5.91 Å². The van der Waals surface area contributed by atoms with Crippen molar-refractivity contribution in [2.75, 3.05) is 13.7 Å². The highest BCUT2D eigenvalue weighted by atomic mass is 32.1. The SMILES string of the molecule is CCCC(NC(=O)C(=NOC)c1csc(C)n1)C(=S)OCC. The lowest BCUT2D eigenvalue weighted by Crippen LogP contribution is -2.44. The number of thiazole rings is 1. The van der Waals surface area contributed by atoms with Gasteiger partial charge in [-0.2, -0.15) is 0 Å². The number of nitrogens with zero attached hydrogens (tertiary/aromatic N) is 2. The summed E-state index contributed by atoms with van der Waals surface area (Å²) in [5.74, 6) is -0.382. The molecule has 1 aromatic heterocycles. The standard InChI is InChI=1S/C14H21N3O3S2/c1-5-7-10(14(21)20-6-2)16-13(18)12(17-19-4)11-8-22-9(3)15-11/h8,10H,5-7H2,1-4H3,(H,16,18). The Morgan fingerprint density at radius 3 is 2.77 bits per heavy atom. The zero-order valence-corrected chi connectivity index (χ0v) is 14.8. The van der Waals surface area contributed by atoms with Gasteiger partial charge in [-0.3, -0.25) is 4.79 Å². The van der Waals surface area contributed by atoms with Gasteiger partial charge in [0.1, 0.15) is 12.8 Å². The lowest BCUT2D eigenvalue weighted by molar-refractivity contribution is -0.115. The van der Waals surface area contributed by atoms with Crippen LogP contribution >= 0.6 is 23.6 Å². The summed E-state index contributed by atoms with van der Waals surface area (Å²) in [6.07, 6.45) is 1.56. The summed E-state index contributed by atoms with van der Waals surface area (Å²) in [7, 11) is 1.39. The van der Waals surface area contributed by atoms with Crippen molar-refractivity contribution in [1.29, 1.82) is 0 Å². The molecule has 0 radical (unpaired) electrons. The molecule has 0 saturated carbocycles. The monoisotopic (exact) mass is 343 g/mol. The first-order chi connectivity index (χ1) is 10.5. The van der Waals surface area contributed by atoms with E-state index in [1.807, 2.05) is 20.8 Å². The molecular formula is C14H21N3O3S2. The third-order valence-electron chi connectivity index (χ3n) is 2.71. The number of carbonyl (C=O) groups is 1. The number of oxime groups is 1. The fourth-order valence-corrected chi connectivity index (χ4v) is 2.67. The summed E-state index contributed by atoms with van der Waals surface area (Å²) in [5, 5.41) is 9.63.